The molecule has 156 valence electrons. The van der Waals surface area contributed by atoms with Crippen LogP contribution in [0.15, 0.2) is 39.8 Å². The van der Waals surface area contributed by atoms with Crippen LogP contribution < -0.4 is 5.73 Å². The van der Waals surface area contributed by atoms with Gasteiger partial charge in [-0.3, -0.25) is 19.4 Å². The van der Waals surface area contributed by atoms with Crippen molar-refractivity contribution in [1.82, 2.24) is 0 Å². The van der Waals surface area contributed by atoms with Crippen LogP contribution in [0.5, 0.6) is 5.75 Å². The molecular formula is C22H22N2O6. The largest absolute Gasteiger partial charge is 0.511 e. The van der Waals surface area contributed by atoms with Gasteiger partial charge in [-0.25, -0.2) is 0 Å². The molecule has 0 saturated heterocycles. The van der Waals surface area contributed by atoms with Crippen molar-refractivity contribution in [2.24, 2.45) is 28.5 Å². The highest BCUT2D eigenvalue weighted by atomic mass is 16.3. The Morgan fingerprint density at radius 3 is 2.50 bits per heavy atom. The van der Waals surface area contributed by atoms with Crippen molar-refractivity contribution in [2.75, 3.05) is 7.05 Å². The summed E-state index contributed by atoms with van der Waals surface area (Å²) in [7, 11) is 1.64. The van der Waals surface area contributed by atoms with E-state index in [-0.39, 0.29) is 35.0 Å². The number of aliphatic hydroxyl groups is 2. The number of fused-ring (bicyclic) bond motifs is 3. The second-order valence-electron chi connectivity index (χ2n) is 8.05. The van der Waals surface area contributed by atoms with E-state index in [1.54, 1.807) is 13.1 Å². The number of carbonyl (C=O) groups excluding carboxylic acids is 3. The predicted octanol–water partition coefficient (Wildman–Crippen LogP) is 1.90. The summed E-state index contributed by atoms with van der Waals surface area (Å²) in [6, 6.07) is 3.13. The van der Waals surface area contributed by atoms with Crippen LogP contribution in [0.3, 0.4) is 0 Å². The van der Waals surface area contributed by atoms with Crippen LogP contribution in [0.4, 0.5) is 0 Å². The number of ketones is 2. The van der Waals surface area contributed by atoms with Gasteiger partial charge in [-0.05, 0) is 54.9 Å². The van der Waals surface area contributed by atoms with E-state index in [0.717, 1.165) is 5.56 Å². The van der Waals surface area contributed by atoms with Crippen molar-refractivity contribution in [2.45, 2.75) is 26.2 Å². The van der Waals surface area contributed by atoms with Gasteiger partial charge in [0.2, 0.25) is 0 Å². The van der Waals surface area contributed by atoms with E-state index in [9.17, 15) is 29.7 Å². The Kier molecular flexibility index (Phi) is 4.52. The fraction of sp³-hybridized carbons (Fsp3) is 0.364. The van der Waals surface area contributed by atoms with E-state index in [0.29, 0.717) is 24.1 Å². The summed E-state index contributed by atoms with van der Waals surface area (Å²) in [5.74, 6) is -5.28. The molecule has 0 saturated carbocycles. The van der Waals surface area contributed by atoms with Crippen LogP contribution in [-0.2, 0) is 16.0 Å². The monoisotopic (exact) mass is 410 g/mol. The maximum Gasteiger partial charge on any atom is 0.255 e. The Bertz CT molecular complexity index is 1110. The molecule has 30 heavy (non-hydrogen) atoms. The molecule has 3 aliphatic carbocycles. The highest BCUT2D eigenvalue weighted by Crippen LogP contribution is 2.49. The second-order valence-corrected chi connectivity index (χ2v) is 8.05. The van der Waals surface area contributed by atoms with Gasteiger partial charge in [0, 0.05) is 24.8 Å². The zero-order chi connectivity index (χ0) is 21.9. The molecule has 3 aliphatic rings. The second kappa shape index (κ2) is 6.83. The van der Waals surface area contributed by atoms with Gasteiger partial charge in [0.15, 0.2) is 11.6 Å². The van der Waals surface area contributed by atoms with E-state index in [4.69, 9.17) is 5.73 Å². The van der Waals surface area contributed by atoms with Crippen molar-refractivity contribution in [3.63, 3.8) is 0 Å². The Morgan fingerprint density at radius 2 is 1.87 bits per heavy atom. The van der Waals surface area contributed by atoms with Gasteiger partial charge in [-0.2, -0.15) is 0 Å². The van der Waals surface area contributed by atoms with Crippen molar-refractivity contribution < 1.29 is 29.7 Å². The molecule has 8 nitrogen and oxygen atoms in total. The number of carbonyl (C=O) groups is 3. The first-order chi connectivity index (χ1) is 14.2. The fourth-order valence-electron chi connectivity index (χ4n) is 5.10. The summed E-state index contributed by atoms with van der Waals surface area (Å²) in [4.78, 5) is 41.9. The van der Waals surface area contributed by atoms with E-state index in [1.165, 1.54) is 6.07 Å². The Labute approximate surface area is 172 Å². The standard InChI is InChI=1S/C22H22N2O6/c1-8(24-2)11-3-4-13(25)17-12(11)6-9-5-10-7-14(26)18(22(23)30)21(29)16(10)19(27)15(9)20(17)28/h3-4,9-10,16,25-27H,5-7H2,1-2H3,(H2,23,30)/b24-8+/t9-,10+,16?/m1/s1. The molecule has 5 N–H and O–H groups in total. The summed E-state index contributed by atoms with van der Waals surface area (Å²) < 4.78 is 0. The van der Waals surface area contributed by atoms with Gasteiger partial charge < -0.3 is 21.1 Å². The highest BCUT2D eigenvalue weighted by molar-refractivity contribution is 6.22. The number of hydrogen-bond donors (Lipinski definition) is 4. The van der Waals surface area contributed by atoms with Crippen molar-refractivity contribution in [1.29, 1.82) is 0 Å². The molecule has 0 fully saturated rings. The molecule has 0 spiro atoms. The number of aliphatic imine (C=N–C) groups is 1. The topological polar surface area (TPSA) is 150 Å². The van der Waals surface area contributed by atoms with Crippen LogP contribution in [0, 0.1) is 17.8 Å². The summed E-state index contributed by atoms with van der Waals surface area (Å²) in [6.45, 7) is 1.81. The lowest BCUT2D eigenvalue weighted by Gasteiger charge is -2.41. The van der Waals surface area contributed by atoms with Crippen molar-refractivity contribution in [3.05, 3.63) is 51.5 Å². The number of hydrogen-bond acceptors (Lipinski definition) is 7. The van der Waals surface area contributed by atoms with E-state index >= 15 is 0 Å². The Hall–Kier alpha value is -3.42. The quantitative estimate of drug-likeness (QED) is 0.432. The molecule has 4 rings (SSSR count). The number of phenols is 1. The lowest BCUT2D eigenvalue weighted by Crippen LogP contribution is -2.43. The molecule has 1 unspecified atom stereocenters. The zero-order valence-electron chi connectivity index (χ0n) is 16.6. The third-order valence-corrected chi connectivity index (χ3v) is 6.50. The first-order valence-electron chi connectivity index (χ1n) is 9.69. The maximum atomic E-state index is 13.3. The van der Waals surface area contributed by atoms with Crippen LogP contribution in [0.1, 0.15) is 41.3 Å². The Balaban J connectivity index is 1.88. The van der Waals surface area contributed by atoms with Gasteiger partial charge in [0.1, 0.15) is 22.8 Å². The van der Waals surface area contributed by atoms with Gasteiger partial charge in [0.25, 0.3) is 5.91 Å². The molecule has 0 bridgehead atoms. The smallest absolute Gasteiger partial charge is 0.255 e. The molecule has 1 aromatic carbocycles. The van der Waals surface area contributed by atoms with Crippen LogP contribution in [0.2, 0.25) is 0 Å². The van der Waals surface area contributed by atoms with Crippen LogP contribution in [-0.4, -0.2) is 45.6 Å². The molecule has 0 aliphatic heterocycles. The highest BCUT2D eigenvalue weighted by Gasteiger charge is 2.50. The normalized spacial score (nSPS) is 26.3. The van der Waals surface area contributed by atoms with E-state index in [1.807, 2.05) is 6.92 Å². The SMILES string of the molecule is C/N=C(\C)c1ccc(O)c2c1C[C@H]1C[C@H]3CC(O)=C(C(N)=O)C(=O)C3C(O)=C1C2=O. The van der Waals surface area contributed by atoms with E-state index < -0.39 is 40.6 Å². The Morgan fingerprint density at radius 1 is 1.17 bits per heavy atom. The van der Waals surface area contributed by atoms with E-state index in [2.05, 4.69) is 4.99 Å². The van der Waals surface area contributed by atoms with Crippen LogP contribution in [0.25, 0.3) is 0 Å². The molecular weight excluding hydrogens is 388 g/mol. The number of nitrogens with zero attached hydrogens (tertiary/aromatic N) is 1. The molecule has 3 atom stereocenters. The van der Waals surface area contributed by atoms with Gasteiger partial charge in [-0.15, -0.1) is 0 Å². The average molecular weight is 410 g/mol. The van der Waals surface area contributed by atoms with Gasteiger partial charge in [-0.1, -0.05) is 0 Å². The van der Waals surface area contributed by atoms with Crippen LogP contribution >= 0.6 is 0 Å². The summed E-state index contributed by atoms with van der Waals surface area (Å²) in [6.07, 6.45) is 0.766. The predicted molar refractivity (Wildman–Crippen MR) is 107 cm³/mol. The number of aliphatic hydroxyl groups excluding tert-OH is 2. The molecule has 8 heteroatoms. The first-order valence-corrected chi connectivity index (χ1v) is 9.69. The number of phenolic OH excluding ortho intramolecular Hbond substituents is 1. The number of benzene rings is 1. The summed E-state index contributed by atoms with van der Waals surface area (Å²) in [5.41, 5.74) is 7.01. The van der Waals surface area contributed by atoms with Gasteiger partial charge >= 0.3 is 0 Å². The number of amides is 1. The molecule has 0 heterocycles. The van der Waals surface area contributed by atoms with Crippen molar-refractivity contribution >= 4 is 23.2 Å². The lowest BCUT2D eigenvalue weighted by molar-refractivity contribution is -0.126. The summed E-state index contributed by atoms with van der Waals surface area (Å²) in [5, 5.41) is 31.5. The summed E-state index contributed by atoms with van der Waals surface area (Å²) >= 11 is 0. The fourth-order valence-corrected chi connectivity index (χ4v) is 5.10. The molecule has 0 radical (unpaired) electrons. The van der Waals surface area contributed by atoms with Crippen molar-refractivity contribution in [3.8, 4) is 5.75 Å². The minimum atomic E-state index is -1.11. The number of primary amides is 1. The third-order valence-electron chi connectivity index (χ3n) is 6.50. The minimum Gasteiger partial charge on any atom is -0.511 e. The zero-order valence-corrected chi connectivity index (χ0v) is 16.6. The number of aromatic hydroxyl groups is 1. The lowest BCUT2D eigenvalue weighted by atomic mass is 9.62. The maximum absolute atomic E-state index is 13.3. The average Bonchev–Trinajstić information content (AvgIpc) is 2.66. The van der Waals surface area contributed by atoms with Gasteiger partial charge in [0.05, 0.1) is 11.5 Å². The molecule has 0 aromatic heterocycles. The molecule has 1 aromatic rings. The number of rotatable bonds is 2. The third kappa shape index (κ3) is 2.67. The number of nitrogens with two attached hydrogens (primary N) is 1. The number of Topliss-reactive ketones (excluding diaryl/α,β-unsaturated/α-hetero) is 2. The molecule has 1 amide bonds. The minimum absolute atomic E-state index is 0.0198. The number of allylic oxidation sites excluding steroid dienone is 3. The first kappa shape index (κ1) is 19.9.